The van der Waals surface area contributed by atoms with E-state index >= 15 is 0 Å². The fraction of sp³-hybridized carbons (Fsp3) is 0.250. The van der Waals surface area contributed by atoms with Gasteiger partial charge in [0.15, 0.2) is 0 Å². The molecule has 0 aromatic heterocycles. The number of rotatable bonds is 2. The highest BCUT2D eigenvalue weighted by Crippen LogP contribution is 2.34. The molecule has 1 unspecified atom stereocenters. The van der Waals surface area contributed by atoms with Crippen LogP contribution in [0.15, 0.2) is 18.2 Å². The van der Waals surface area contributed by atoms with Gasteiger partial charge >= 0.3 is 5.97 Å². The molecule has 1 amide bonds. The van der Waals surface area contributed by atoms with Crippen LogP contribution in [0.5, 0.6) is 0 Å². The molecule has 0 fully saturated rings. The van der Waals surface area contributed by atoms with Gasteiger partial charge in [-0.3, -0.25) is 9.59 Å². The number of amides is 1. The topological polar surface area (TPSA) is 70.4 Å². The Kier molecular flexibility index (Phi) is 3.21. The van der Waals surface area contributed by atoms with E-state index in [0.717, 1.165) is 0 Å². The van der Waals surface area contributed by atoms with E-state index in [-0.39, 0.29) is 12.5 Å². The highest BCUT2D eigenvalue weighted by molar-refractivity contribution is 6.30. The van der Waals surface area contributed by atoms with E-state index in [2.05, 4.69) is 4.74 Å². The van der Waals surface area contributed by atoms with Crippen LogP contribution in [-0.2, 0) is 9.53 Å². The van der Waals surface area contributed by atoms with E-state index in [1.807, 2.05) is 6.07 Å². The molecule has 0 aliphatic carbocycles. The van der Waals surface area contributed by atoms with Gasteiger partial charge in [-0.2, -0.15) is 5.26 Å². The van der Waals surface area contributed by atoms with Gasteiger partial charge in [0.2, 0.25) is 0 Å². The van der Waals surface area contributed by atoms with Crippen molar-refractivity contribution in [3.63, 3.8) is 0 Å². The minimum Gasteiger partial charge on any atom is -0.468 e. The lowest BCUT2D eigenvalue weighted by Gasteiger charge is -2.18. The molecule has 1 heterocycles. The summed E-state index contributed by atoms with van der Waals surface area (Å²) in [5, 5.41) is 9.58. The van der Waals surface area contributed by atoms with Gasteiger partial charge in [0.1, 0.15) is 12.6 Å². The van der Waals surface area contributed by atoms with E-state index < -0.39 is 12.0 Å². The number of ether oxygens (including phenoxy) is 1. The number of halogens is 1. The van der Waals surface area contributed by atoms with Gasteiger partial charge in [-0.25, -0.2) is 0 Å². The zero-order valence-corrected chi connectivity index (χ0v) is 10.3. The van der Waals surface area contributed by atoms with E-state index in [4.69, 9.17) is 16.9 Å². The number of hydrogen-bond donors (Lipinski definition) is 0. The number of benzene rings is 1. The molecule has 1 aromatic rings. The summed E-state index contributed by atoms with van der Waals surface area (Å²) in [5.74, 6) is -0.930. The van der Waals surface area contributed by atoms with Crippen LogP contribution in [0, 0.1) is 11.3 Å². The fourth-order valence-corrected chi connectivity index (χ4v) is 2.08. The number of nitrogens with zero attached hydrogens (tertiary/aromatic N) is 2. The lowest BCUT2D eigenvalue weighted by Crippen LogP contribution is -2.33. The Morgan fingerprint density at radius 3 is 2.94 bits per heavy atom. The van der Waals surface area contributed by atoms with Crippen molar-refractivity contribution in [3.8, 4) is 6.07 Å². The minimum atomic E-state index is -0.801. The summed E-state index contributed by atoms with van der Waals surface area (Å²) in [7, 11) is 1.23. The molecule has 2 rings (SSSR count). The quantitative estimate of drug-likeness (QED) is 0.760. The minimum absolute atomic E-state index is 0.250. The SMILES string of the molecule is COC(=O)CN1C(=O)c2ccc(Cl)cc2C1C#N. The van der Waals surface area contributed by atoms with Crippen molar-refractivity contribution >= 4 is 23.5 Å². The largest absolute Gasteiger partial charge is 0.468 e. The van der Waals surface area contributed by atoms with E-state index in [1.54, 1.807) is 18.2 Å². The summed E-state index contributed by atoms with van der Waals surface area (Å²) in [4.78, 5) is 24.5. The first-order chi connectivity index (χ1) is 8.58. The molecule has 1 atom stereocenters. The fourth-order valence-electron chi connectivity index (χ4n) is 1.90. The molecular formula is C12H9ClN2O3. The van der Waals surface area contributed by atoms with Crippen molar-refractivity contribution in [2.24, 2.45) is 0 Å². The van der Waals surface area contributed by atoms with Gasteiger partial charge in [0.05, 0.1) is 13.2 Å². The summed E-state index contributed by atoms with van der Waals surface area (Å²) in [5.41, 5.74) is 0.925. The Balaban J connectivity index is 2.40. The van der Waals surface area contributed by atoms with Crippen molar-refractivity contribution in [2.45, 2.75) is 6.04 Å². The Hall–Kier alpha value is -2.06. The Bertz CT molecular complexity index is 565. The number of fused-ring (bicyclic) bond motifs is 1. The van der Waals surface area contributed by atoms with Gasteiger partial charge < -0.3 is 9.64 Å². The lowest BCUT2D eigenvalue weighted by molar-refractivity contribution is -0.141. The average molecular weight is 265 g/mol. The van der Waals surface area contributed by atoms with Gasteiger partial charge in [-0.1, -0.05) is 11.6 Å². The van der Waals surface area contributed by atoms with Crippen LogP contribution in [0.1, 0.15) is 22.0 Å². The maximum atomic E-state index is 12.1. The molecule has 0 radical (unpaired) electrons. The molecule has 5 nitrogen and oxygen atoms in total. The second-order valence-electron chi connectivity index (χ2n) is 3.77. The van der Waals surface area contributed by atoms with Crippen LogP contribution in [0.4, 0.5) is 0 Å². The van der Waals surface area contributed by atoms with Crippen molar-refractivity contribution in [2.75, 3.05) is 13.7 Å². The number of hydrogen-bond acceptors (Lipinski definition) is 4. The summed E-state index contributed by atoms with van der Waals surface area (Å²) in [6.45, 7) is -0.250. The molecule has 0 bridgehead atoms. The summed E-state index contributed by atoms with van der Waals surface area (Å²) in [6.07, 6.45) is 0. The Morgan fingerprint density at radius 1 is 1.61 bits per heavy atom. The average Bonchev–Trinajstić information content (AvgIpc) is 2.61. The maximum absolute atomic E-state index is 12.1. The molecule has 0 spiro atoms. The molecule has 1 aliphatic rings. The number of methoxy groups -OCH3 is 1. The summed E-state index contributed by atoms with van der Waals surface area (Å²) in [6, 6.07) is 5.90. The van der Waals surface area contributed by atoms with Crippen LogP contribution >= 0.6 is 11.6 Å². The van der Waals surface area contributed by atoms with Crippen molar-refractivity contribution in [1.29, 1.82) is 5.26 Å². The summed E-state index contributed by atoms with van der Waals surface area (Å²) >= 11 is 5.84. The predicted molar refractivity (Wildman–Crippen MR) is 62.9 cm³/mol. The predicted octanol–water partition coefficient (Wildman–Crippen LogP) is 1.53. The van der Waals surface area contributed by atoms with Gasteiger partial charge in [-0.15, -0.1) is 0 Å². The molecule has 1 aliphatic heterocycles. The highest BCUT2D eigenvalue weighted by Gasteiger charge is 2.38. The second-order valence-corrected chi connectivity index (χ2v) is 4.21. The number of esters is 1. The van der Waals surface area contributed by atoms with E-state index in [0.29, 0.717) is 16.1 Å². The van der Waals surface area contributed by atoms with Crippen LogP contribution in [0.3, 0.4) is 0 Å². The third kappa shape index (κ3) is 1.91. The first-order valence-corrected chi connectivity index (χ1v) is 5.53. The standard InChI is InChI=1S/C12H9ClN2O3/c1-18-11(16)6-15-10(5-14)9-4-7(13)2-3-8(9)12(15)17/h2-4,10H,6H2,1H3. The van der Waals surface area contributed by atoms with Crippen LogP contribution in [-0.4, -0.2) is 30.4 Å². The number of carbonyl (C=O) groups excluding carboxylic acids is 2. The second kappa shape index (κ2) is 4.67. The molecule has 0 N–H and O–H groups in total. The van der Waals surface area contributed by atoms with Gasteiger partial charge in [0.25, 0.3) is 5.91 Å². The molecule has 92 valence electrons. The van der Waals surface area contributed by atoms with Crippen LogP contribution in [0.2, 0.25) is 5.02 Å². The van der Waals surface area contributed by atoms with E-state index in [9.17, 15) is 9.59 Å². The Morgan fingerprint density at radius 2 is 2.33 bits per heavy atom. The van der Waals surface area contributed by atoms with E-state index in [1.165, 1.54) is 12.0 Å². The molecular weight excluding hydrogens is 256 g/mol. The zero-order chi connectivity index (χ0) is 13.3. The molecule has 18 heavy (non-hydrogen) atoms. The maximum Gasteiger partial charge on any atom is 0.325 e. The molecule has 1 aromatic carbocycles. The Labute approximate surface area is 109 Å². The van der Waals surface area contributed by atoms with Crippen molar-refractivity contribution in [1.82, 2.24) is 4.90 Å². The van der Waals surface area contributed by atoms with Crippen molar-refractivity contribution in [3.05, 3.63) is 34.3 Å². The third-order valence-electron chi connectivity index (χ3n) is 2.76. The summed E-state index contributed by atoms with van der Waals surface area (Å²) < 4.78 is 4.51. The van der Waals surface area contributed by atoms with Gasteiger partial charge in [-0.05, 0) is 18.2 Å². The third-order valence-corrected chi connectivity index (χ3v) is 3.00. The molecule has 6 heteroatoms. The molecule has 0 saturated carbocycles. The lowest BCUT2D eigenvalue weighted by atomic mass is 10.1. The van der Waals surface area contributed by atoms with Crippen LogP contribution in [0.25, 0.3) is 0 Å². The first kappa shape index (κ1) is 12.4. The number of nitriles is 1. The normalized spacial score (nSPS) is 17.3. The smallest absolute Gasteiger partial charge is 0.325 e. The molecule has 0 saturated heterocycles. The van der Waals surface area contributed by atoms with Gasteiger partial charge in [0, 0.05) is 16.1 Å². The van der Waals surface area contributed by atoms with Crippen molar-refractivity contribution < 1.29 is 14.3 Å². The number of carbonyl (C=O) groups is 2. The van der Waals surface area contributed by atoms with Crippen LogP contribution < -0.4 is 0 Å². The zero-order valence-electron chi connectivity index (χ0n) is 9.51. The highest BCUT2D eigenvalue weighted by atomic mass is 35.5. The monoisotopic (exact) mass is 264 g/mol. The first-order valence-electron chi connectivity index (χ1n) is 5.15.